The Bertz CT molecular complexity index is 1250. The Morgan fingerprint density at radius 2 is 1.35 bits per heavy atom. The molecule has 0 radical (unpaired) electrons. The Labute approximate surface area is 181 Å². The summed E-state index contributed by atoms with van der Waals surface area (Å²) in [6, 6.07) is 22.1. The van der Waals surface area contributed by atoms with E-state index in [-0.39, 0.29) is 35.5 Å². The maximum absolute atomic E-state index is 13.9. The molecule has 3 aliphatic carbocycles. The Morgan fingerprint density at radius 1 is 0.774 bits per heavy atom. The molecule has 4 atom stereocenters. The Kier molecular flexibility index (Phi) is 3.88. The normalized spacial score (nSPS) is 25.3. The lowest BCUT2D eigenvalue weighted by Gasteiger charge is -2.46. The number of carbonyl (C=O) groups excluding carboxylic acids is 2. The van der Waals surface area contributed by atoms with Crippen LogP contribution in [0.1, 0.15) is 46.6 Å². The average Bonchev–Trinajstić information content (AvgIpc) is 3.05. The molecule has 3 aromatic carbocycles. The lowest BCUT2D eigenvalue weighted by atomic mass is 9.55. The van der Waals surface area contributed by atoms with Gasteiger partial charge in [0.25, 0.3) is 0 Å². The number of hydrogen-bond donors (Lipinski definition) is 0. The van der Waals surface area contributed by atoms with Gasteiger partial charge in [-0.2, -0.15) is 0 Å². The molecule has 1 saturated heterocycles. The third-order valence-corrected chi connectivity index (χ3v) is 7.10. The van der Waals surface area contributed by atoms with Crippen molar-refractivity contribution in [3.63, 3.8) is 0 Å². The van der Waals surface area contributed by atoms with Gasteiger partial charge < -0.3 is 4.74 Å². The van der Waals surface area contributed by atoms with Gasteiger partial charge in [0.2, 0.25) is 11.8 Å². The summed E-state index contributed by atoms with van der Waals surface area (Å²) in [5, 5.41) is 0. The molecule has 4 heteroatoms. The molecule has 1 fully saturated rings. The van der Waals surface area contributed by atoms with Crippen molar-refractivity contribution in [3.8, 4) is 5.75 Å². The molecule has 0 spiro atoms. The summed E-state index contributed by atoms with van der Waals surface area (Å²) < 4.78 is 5.76. The highest BCUT2D eigenvalue weighted by molar-refractivity contribution is 6.24. The fraction of sp³-hybridized carbons (Fsp3) is 0.259. The number of carbonyl (C=O) groups is 2. The van der Waals surface area contributed by atoms with E-state index < -0.39 is 0 Å². The summed E-state index contributed by atoms with van der Waals surface area (Å²) in [6.45, 7) is 4.46. The van der Waals surface area contributed by atoms with Crippen LogP contribution in [0.2, 0.25) is 0 Å². The third kappa shape index (κ3) is 2.36. The molecule has 0 saturated carbocycles. The maximum atomic E-state index is 13.9. The van der Waals surface area contributed by atoms with E-state index in [1.54, 1.807) is 0 Å². The first-order valence-corrected chi connectivity index (χ1v) is 10.9. The molecule has 154 valence electrons. The fourth-order valence-corrected chi connectivity index (χ4v) is 6.00. The standard InChI is InChI=1S/C27H23NO3/c1-3-31-21-11-7-6-10-20(21)28-26(29)24-22-16-8-4-5-9-17(16)23(25(24)27(28)30)19-14-15(2)12-13-18(19)22/h4-14,22-25H,3H2,1-2H3. The molecule has 7 rings (SSSR count). The predicted molar refractivity (Wildman–Crippen MR) is 118 cm³/mol. The largest absolute Gasteiger partial charge is 0.492 e. The number of benzene rings is 3. The van der Waals surface area contributed by atoms with Crippen molar-refractivity contribution in [1.29, 1.82) is 0 Å². The van der Waals surface area contributed by atoms with Gasteiger partial charge in [0.1, 0.15) is 5.75 Å². The number of rotatable bonds is 3. The molecule has 0 aromatic heterocycles. The zero-order valence-corrected chi connectivity index (χ0v) is 17.5. The average molecular weight is 409 g/mol. The van der Waals surface area contributed by atoms with Gasteiger partial charge in [0, 0.05) is 11.8 Å². The van der Waals surface area contributed by atoms with E-state index in [0.717, 1.165) is 0 Å². The SMILES string of the molecule is CCOc1ccccc1N1C(=O)C2C3c4ccccc4C(c4cc(C)ccc43)C2C1=O. The molecule has 0 N–H and O–H groups in total. The van der Waals surface area contributed by atoms with Gasteiger partial charge in [-0.25, -0.2) is 4.90 Å². The number of para-hydroxylation sites is 2. The molecular weight excluding hydrogens is 386 g/mol. The Balaban J connectivity index is 1.55. The quantitative estimate of drug-likeness (QED) is 0.585. The Morgan fingerprint density at radius 3 is 2.03 bits per heavy atom. The molecule has 3 aromatic rings. The Hall–Kier alpha value is -3.40. The molecule has 2 amide bonds. The van der Waals surface area contributed by atoms with Crippen LogP contribution in [-0.2, 0) is 9.59 Å². The van der Waals surface area contributed by atoms with Crippen LogP contribution in [0.3, 0.4) is 0 Å². The predicted octanol–water partition coefficient (Wildman–Crippen LogP) is 4.79. The van der Waals surface area contributed by atoms with Crippen LogP contribution in [0.25, 0.3) is 0 Å². The van der Waals surface area contributed by atoms with Crippen LogP contribution in [-0.4, -0.2) is 18.4 Å². The number of hydrogen-bond acceptors (Lipinski definition) is 3. The summed E-state index contributed by atoms with van der Waals surface area (Å²) >= 11 is 0. The third-order valence-electron chi connectivity index (χ3n) is 7.10. The number of anilines is 1. The zero-order chi connectivity index (χ0) is 21.3. The summed E-state index contributed by atoms with van der Waals surface area (Å²) in [6.07, 6.45) is 0. The zero-order valence-electron chi connectivity index (χ0n) is 17.5. The topological polar surface area (TPSA) is 46.6 Å². The number of nitrogens with zero attached hydrogens (tertiary/aromatic N) is 1. The molecule has 4 nitrogen and oxygen atoms in total. The molecular formula is C27H23NO3. The first-order valence-electron chi connectivity index (χ1n) is 10.9. The van der Waals surface area contributed by atoms with Crippen LogP contribution in [0.5, 0.6) is 5.75 Å². The highest BCUT2D eigenvalue weighted by Gasteiger charge is 2.62. The van der Waals surface area contributed by atoms with Crippen molar-refractivity contribution in [2.45, 2.75) is 25.7 Å². The van der Waals surface area contributed by atoms with Gasteiger partial charge in [-0.1, -0.05) is 60.2 Å². The van der Waals surface area contributed by atoms with E-state index >= 15 is 0 Å². The van der Waals surface area contributed by atoms with Crippen molar-refractivity contribution in [2.75, 3.05) is 11.5 Å². The molecule has 4 unspecified atom stereocenters. The number of imide groups is 1. The van der Waals surface area contributed by atoms with Crippen LogP contribution in [0.15, 0.2) is 66.7 Å². The summed E-state index contributed by atoms with van der Waals surface area (Å²) in [7, 11) is 0. The van der Waals surface area contributed by atoms with Crippen LogP contribution < -0.4 is 9.64 Å². The van der Waals surface area contributed by atoms with E-state index in [2.05, 4.69) is 37.3 Å². The summed E-state index contributed by atoms with van der Waals surface area (Å²) in [4.78, 5) is 29.1. The lowest BCUT2D eigenvalue weighted by Crippen LogP contribution is -2.41. The van der Waals surface area contributed by atoms with Gasteiger partial charge in [0.05, 0.1) is 24.1 Å². The smallest absolute Gasteiger partial charge is 0.238 e. The second-order valence-electron chi connectivity index (χ2n) is 8.68. The van der Waals surface area contributed by atoms with Crippen molar-refractivity contribution >= 4 is 17.5 Å². The summed E-state index contributed by atoms with van der Waals surface area (Å²) in [5.74, 6) is -0.599. The van der Waals surface area contributed by atoms with Crippen molar-refractivity contribution in [1.82, 2.24) is 0 Å². The maximum Gasteiger partial charge on any atom is 0.238 e. The van der Waals surface area contributed by atoms with E-state index in [1.165, 1.54) is 32.7 Å². The monoisotopic (exact) mass is 409 g/mol. The van der Waals surface area contributed by atoms with Crippen LogP contribution in [0.4, 0.5) is 5.69 Å². The second-order valence-corrected chi connectivity index (χ2v) is 8.68. The molecule has 1 heterocycles. The summed E-state index contributed by atoms with van der Waals surface area (Å²) in [5.41, 5.74) is 6.50. The van der Waals surface area contributed by atoms with E-state index in [9.17, 15) is 9.59 Å². The van der Waals surface area contributed by atoms with Gasteiger partial charge in [-0.15, -0.1) is 0 Å². The molecule has 4 aliphatic rings. The highest BCUT2D eigenvalue weighted by atomic mass is 16.5. The van der Waals surface area contributed by atoms with Crippen molar-refractivity contribution in [2.24, 2.45) is 11.8 Å². The minimum absolute atomic E-state index is 0.0949. The van der Waals surface area contributed by atoms with E-state index in [4.69, 9.17) is 4.74 Å². The number of ether oxygens (including phenoxy) is 1. The van der Waals surface area contributed by atoms with E-state index in [0.29, 0.717) is 18.0 Å². The van der Waals surface area contributed by atoms with Crippen molar-refractivity contribution in [3.05, 3.63) is 94.5 Å². The fourth-order valence-electron chi connectivity index (χ4n) is 6.00. The highest BCUT2D eigenvalue weighted by Crippen LogP contribution is 2.61. The van der Waals surface area contributed by atoms with E-state index in [1.807, 2.05) is 43.3 Å². The van der Waals surface area contributed by atoms with Crippen LogP contribution >= 0.6 is 0 Å². The second kappa shape index (κ2) is 6.55. The van der Waals surface area contributed by atoms with Gasteiger partial charge in [-0.3, -0.25) is 9.59 Å². The molecule has 2 bridgehead atoms. The van der Waals surface area contributed by atoms with Gasteiger partial charge in [0.15, 0.2) is 0 Å². The van der Waals surface area contributed by atoms with Gasteiger partial charge >= 0.3 is 0 Å². The molecule has 1 aliphatic heterocycles. The first kappa shape index (κ1) is 18.4. The van der Waals surface area contributed by atoms with Crippen molar-refractivity contribution < 1.29 is 14.3 Å². The number of amides is 2. The number of aryl methyl sites for hydroxylation is 1. The first-order chi connectivity index (χ1) is 15.1. The minimum Gasteiger partial charge on any atom is -0.492 e. The van der Waals surface area contributed by atoms with Gasteiger partial charge in [-0.05, 0) is 48.2 Å². The minimum atomic E-state index is -0.378. The molecule has 31 heavy (non-hydrogen) atoms. The van der Waals surface area contributed by atoms with Crippen LogP contribution in [0, 0.1) is 18.8 Å². The lowest BCUT2D eigenvalue weighted by molar-refractivity contribution is -0.122.